The van der Waals surface area contributed by atoms with E-state index >= 15 is 0 Å². The predicted octanol–water partition coefficient (Wildman–Crippen LogP) is 3.08. The maximum atomic E-state index is 13.2. The SMILES string of the molecule is CC(C)CCNC(=O)c1c[nH]c2ccc(F)cc12. The van der Waals surface area contributed by atoms with Crippen molar-refractivity contribution in [1.29, 1.82) is 0 Å². The van der Waals surface area contributed by atoms with E-state index in [4.69, 9.17) is 0 Å². The first kappa shape index (κ1) is 12.6. The number of carbonyl (C=O) groups is 1. The van der Waals surface area contributed by atoms with E-state index in [-0.39, 0.29) is 11.7 Å². The highest BCUT2D eigenvalue weighted by molar-refractivity contribution is 6.06. The average molecular weight is 248 g/mol. The Morgan fingerprint density at radius 2 is 2.22 bits per heavy atom. The number of hydrogen-bond donors (Lipinski definition) is 2. The van der Waals surface area contributed by atoms with Crippen molar-refractivity contribution in [1.82, 2.24) is 10.3 Å². The number of aromatic nitrogens is 1. The molecule has 0 aliphatic rings. The number of halogens is 1. The molecule has 0 fully saturated rings. The Labute approximate surface area is 105 Å². The van der Waals surface area contributed by atoms with Crippen molar-refractivity contribution in [2.24, 2.45) is 5.92 Å². The highest BCUT2D eigenvalue weighted by Gasteiger charge is 2.12. The Hall–Kier alpha value is -1.84. The van der Waals surface area contributed by atoms with E-state index in [1.165, 1.54) is 12.1 Å². The molecule has 0 aliphatic heterocycles. The molecule has 0 aliphatic carbocycles. The van der Waals surface area contributed by atoms with Crippen molar-refractivity contribution in [2.45, 2.75) is 20.3 Å². The molecule has 96 valence electrons. The number of rotatable bonds is 4. The van der Waals surface area contributed by atoms with Crippen LogP contribution in [-0.4, -0.2) is 17.4 Å². The molecule has 0 radical (unpaired) electrons. The minimum Gasteiger partial charge on any atom is -0.360 e. The first-order valence-electron chi connectivity index (χ1n) is 6.12. The molecule has 0 saturated carbocycles. The third-order valence-corrected chi connectivity index (χ3v) is 2.90. The quantitative estimate of drug-likeness (QED) is 0.858. The summed E-state index contributed by atoms with van der Waals surface area (Å²) >= 11 is 0. The highest BCUT2D eigenvalue weighted by atomic mass is 19.1. The standard InChI is InChI=1S/C14H17FN2O/c1-9(2)5-6-16-14(18)12-8-17-13-4-3-10(15)7-11(12)13/h3-4,7-9,17H,5-6H2,1-2H3,(H,16,18). The fraction of sp³-hybridized carbons (Fsp3) is 0.357. The van der Waals surface area contributed by atoms with Gasteiger partial charge >= 0.3 is 0 Å². The third kappa shape index (κ3) is 2.70. The first-order valence-corrected chi connectivity index (χ1v) is 6.12. The summed E-state index contributed by atoms with van der Waals surface area (Å²) in [5.74, 6) is 0.0524. The van der Waals surface area contributed by atoms with E-state index < -0.39 is 0 Å². The number of benzene rings is 1. The number of carbonyl (C=O) groups excluding carboxylic acids is 1. The molecular weight excluding hydrogens is 231 g/mol. The van der Waals surface area contributed by atoms with E-state index in [2.05, 4.69) is 24.1 Å². The predicted molar refractivity (Wildman–Crippen MR) is 70.0 cm³/mol. The van der Waals surface area contributed by atoms with Gasteiger partial charge in [-0.1, -0.05) is 13.8 Å². The first-order chi connectivity index (χ1) is 8.58. The molecule has 1 aromatic heterocycles. The van der Waals surface area contributed by atoms with Gasteiger partial charge in [0.15, 0.2) is 0 Å². The normalized spacial score (nSPS) is 11.1. The summed E-state index contributed by atoms with van der Waals surface area (Å²) in [7, 11) is 0. The van der Waals surface area contributed by atoms with Crippen LogP contribution in [0.1, 0.15) is 30.6 Å². The number of amides is 1. The Morgan fingerprint density at radius 3 is 2.94 bits per heavy atom. The Bertz CT molecular complexity index is 560. The Balaban J connectivity index is 2.15. The van der Waals surface area contributed by atoms with Crippen molar-refractivity contribution in [2.75, 3.05) is 6.54 Å². The lowest BCUT2D eigenvalue weighted by Gasteiger charge is -2.06. The van der Waals surface area contributed by atoms with Gasteiger partial charge in [0.1, 0.15) is 5.82 Å². The third-order valence-electron chi connectivity index (χ3n) is 2.90. The van der Waals surface area contributed by atoms with Crippen molar-refractivity contribution < 1.29 is 9.18 Å². The van der Waals surface area contributed by atoms with Gasteiger partial charge in [0.2, 0.25) is 0 Å². The van der Waals surface area contributed by atoms with Crippen molar-refractivity contribution >= 4 is 16.8 Å². The van der Waals surface area contributed by atoms with Gasteiger partial charge in [0.05, 0.1) is 5.56 Å². The maximum Gasteiger partial charge on any atom is 0.253 e. The summed E-state index contributed by atoms with van der Waals surface area (Å²) in [6, 6.07) is 4.39. The van der Waals surface area contributed by atoms with Crippen molar-refractivity contribution in [3.8, 4) is 0 Å². The molecule has 18 heavy (non-hydrogen) atoms. The highest BCUT2D eigenvalue weighted by Crippen LogP contribution is 2.19. The maximum absolute atomic E-state index is 13.2. The second-order valence-electron chi connectivity index (χ2n) is 4.83. The second kappa shape index (κ2) is 5.21. The fourth-order valence-electron chi connectivity index (χ4n) is 1.85. The molecule has 4 heteroatoms. The van der Waals surface area contributed by atoms with E-state index in [9.17, 15) is 9.18 Å². The molecule has 0 spiro atoms. The second-order valence-corrected chi connectivity index (χ2v) is 4.83. The van der Waals surface area contributed by atoms with E-state index in [1.807, 2.05) is 0 Å². The topological polar surface area (TPSA) is 44.9 Å². The zero-order chi connectivity index (χ0) is 13.1. The number of H-pyrrole nitrogens is 1. The molecule has 2 rings (SSSR count). The van der Waals surface area contributed by atoms with Crippen LogP contribution in [0, 0.1) is 11.7 Å². The molecule has 0 bridgehead atoms. The molecule has 1 aromatic carbocycles. The van der Waals surface area contributed by atoms with Gasteiger partial charge in [-0.25, -0.2) is 4.39 Å². The minimum atomic E-state index is -0.335. The van der Waals surface area contributed by atoms with Crippen LogP contribution in [0.5, 0.6) is 0 Å². The van der Waals surface area contributed by atoms with E-state index in [0.29, 0.717) is 23.4 Å². The molecule has 0 unspecified atom stereocenters. The number of hydrogen-bond acceptors (Lipinski definition) is 1. The number of fused-ring (bicyclic) bond motifs is 1. The van der Waals surface area contributed by atoms with Crippen LogP contribution in [0.4, 0.5) is 4.39 Å². The summed E-state index contributed by atoms with van der Waals surface area (Å²) in [6.07, 6.45) is 2.55. The van der Waals surface area contributed by atoms with E-state index in [1.54, 1.807) is 12.3 Å². The minimum absolute atomic E-state index is 0.160. The number of aromatic amines is 1. The molecule has 2 N–H and O–H groups in total. The van der Waals surface area contributed by atoms with Crippen LogP contribution in [0.2, 0.25) is 0 Å². The van der Waals surface area contributed by atoms with Gasteiger partial charge in [-0.3, -0.25) is 4.79 Å². The van der Waals surface area contributed by atoms with E-state index in [0.717, 1.165) is 11.9 Å². The average Bonchev–Trinajstić information content (AvgIpc) is 2.71. The summed E-state index contributed by atoms with van der Waals surface area (Å²) in [6.45, 7) is 4.85. The van der Waals surface area contributed by atoms with Gasteiger partial charge in [-0.05, 0) is 30.5 Å². The van der Waals surface area contributed by atoms with Crippen LogP contribution in [0.3, 0.4) is 0 Å². The van der Waals surface area contributed by atoms with Gasteiger partial charge in [-0.15, -0.1) is 0 Å². The molecule has 1 amide bonds. The molecule has 2 aromatic rings. The van der Waals surface area contributed by atoms with Crippen LogP contribution >= 0.6 is 0 Å². The van der Waals surface area contributed by atoms with Crippen LogP contribution < -0.4 is 5.32 Å². The summed E-state index contributed by atoms with van der Waals surface area (Å²) in [5.41, 5.74) is 1.26. The lowest BCUT2D eigenvalue weighted by molar-refractivity contribution is 0.0953. The Kier molecular flexibility index (Phi) is 3.65. The smallest absolute Gasteiger partial charge is 0.253 e. The largest absolute Gasteiger partial charge is 0.360 e. The fourth-order valence-corrected chi connectivity index (χ4v) is 1.85. The number of nitrogens with one attached hydrogen (secondary N) is 2. The zero-order valence-corrected chi connectivity index (χ0v) is 10.6. The van der Waals surface area contributed by atoms with Gasteiger partial charge in [-0.2, -0.15) is 0 Å². The van der Waals surface area contributed by atoms with Crippen LogP contribution in [-0.2, 0) is 0 Å². The summed E-state index contributed by atoms with van der Waals surface area (Å²) in [4.78, 5) is 14.9. The van der Waals surface area contributed by atoms with Crippen molar-refractivity contribution in [3.63, 3.8) is 0 Å². The summed E-state index contributed by atoms with van der Waals surface area (Å²) in [5, 5.41) is 3.47. The molecular formula is C14H17FN2O. The molecule has 3 nitrogen and oxygen atoms in total. The van der Waals surface area contributed by atoms with Crippen molar-refractivity contribution in [3.05, 3.63) is 35.8 Å². The lowest BCUT2D eigenvalue weighted by atomic mass is 10.1. The van der Waals surface area contributed by atoms with Crippen LogP contribution in [0.25, 0.3) is 10.9 Å². The van der Waals surface area contributed by atoms with Gasteiger partial charge in [0, 0.05) is 23.6 Å². The molecule has 1 heterocycles. The Morgan fingerprint density at radius 1 is 1.44 bits per heavy atom. The molecule has 0 saturated heterocycles. The van der Waals surface area contributed by atoms with Gasteiger partial charge in [0.25, 0.3) is 5.91 Å². The van der Waals surface area contributed by atoms with Gasteiger partial charge < -0.3 is 10.3 Å². The monoisotopic (exact) mass is 248 g/mol. The lowest BCUT2D eigenvalue weighted by Crippen LogP contribution is -2.25. The zero-order valence-electron chi connectivity index (χ0n) is 10.6. The summed E-state index contributed by atoms with van der Waals surface area (Å²) < 4.78 is 13.2. The van der Waals surface area contributed by atoms with Crippen LogP contribution in [0.15, 0.2) is 24.4 Å². The molecule has 0 atom stereocenters.